The van der Waals surface area contributed by atoms with Crippen molar-refractivity contribution in [1.29, 1.82) is 0 Å². The molecule has 2 unspecified atom stereocenters. The molecule has 1 aromatic rings. The minimum atomic E-state index is -2.75. The molecule has 0 aromatic carbocycles. The molecule has 0 spiro atoms. The normalized spacial score (nSPS) is 24.2. The van der Waals surface area contributed by atoms with Crippen LogP contribution in [0.25, 0.3) is 0 Å². The van der Waals surface area contributed by atoms with Gasteiger partial charge in [0.15, 0.2) is 9.84 Å². The van der Waals surface area contributed by atoms with Crippen LogP contribution in [0.15, 0.2) is 22.8 Å². The van der Waals surface area contributed by atoms with Gasteiger partial charge in [-0.25, -0.2) is 8.42 Å². The van der Waals surface area contributed by atoms with Gasteiger partial charge in [-0.2, -0.15) is 0 Å². The minimum absolute atomic E-state index is 0.293. The first kappa shape index (κ1) is 13.6. The van der Waals surface area contributed by atoms with E-state index in [2.05, 4.69) is 12.2 Å². The van der Waals surface area contributed by atoms with Gasteiger partial charge in [-0.3, -0.25) is 0 Å². The van der Waals surface area contributed by atoms with Crippen LogP contribution in [0.1, 0.15) is 25.5 Å². The molecule has 0 radical (unpaired) electrons. The average molecular weight is 271 g/mol. The van der Waals surface area contributed by atoms with Crippen molar-refractivity contribution in [2.45, 2.75) is 32.2 Å². The van der Waals surface area contributed by atoms with Crippen LogP contribution < -0.4 is 5.32 Å². The van der Waals surface area contributed by atoms with Gasteiger partial charge in [0.25, 0.3) is 0 Å². The van der Waals surface area contributed by atoms with Gasteiger partial charge in [-0.1, -0.05) is 0 Å². The molecule has 0 bridgehead atoms. The molecule has 4 nitrogen and oxygen atoms in total. The molecule has 1 saturated heterocycles. The maximum absolute atomic E-state index is 11.3. The Labute approximate surface area is 109 Å². The Hall–Kier alpha value is -0.810. The second-order valence-electron chi connectivity index (χ2n) is 5.20. The van der Waals surface area contributed by atoms with Crippen molar-refractivity contribution < 1.29 is 12.8 Å². The number of aryl methyl sites for hydroxylation is 1. The first-order chi connectivity index (χ1) is 8.55. The second kappa shape index (κ2) is 5.89. The molecular formula is C13H21NO3S. The first-order valence-electron chi connectivity index (χ1n) is 6.51. The van der Waals surface area contributed by atoms with E-state index in [-0.39, 0.29) is 0 Å². The Kier molecular flexibility index (Phi) is 4.45. The fourth-order valence-electron chi connectivity index (χ4n) is 2.32. The van der Waals surface area contributed by atoms with Crippen molar-refractivity contribution in [2.24, 2.45) is 5.92 Å². The van der Waals surface area contributed by atoms with E-state index in [0.29, 0.717) is 23.5 Å². The zero-order valence-corrected chi connectivity index (χ0v) is 11.6. The largest absolute Gasteiger partial charge is 0.469 e. The summed E-state index contributed by atoms with van der Waals surface area (Å²) in [5, 5.41) is 3.42. The molecule has 1 aliphatic rings. The van der Waals surface area contributed by atoms with E-state index in [9.17, 15) is 8.42 Å². The SMILES string of the molecule is CC(CCc1ccco1)NCC1CCS(=O)(=O)C1. The number of sulfone groups is 1. The minimum Gasteiger partial charge on any atom is -0.469 e. The van der Waals surface area contributed by atoms with E-state index in [1.165, 1.54) is 0 Å². The summed E-state index contributed by atoms with van der Waals surface area (Å²) in [6.07, 6.45) is 4.42. The lowest BCUT2D eigenvalue weighted by Crippen LogP contribution is -2.32. The van der Waals surface area contributed by atoms with Crippen molar-refractivity contribution in [3.05, 3.63) is 24.2 Å². The Bertz CT molecular complexity index is 453. The summed E-state index contributed by atoms with van der Waals surface area (Å²) >= 11 is 0. The second-order valence-corrected chi connectivity index (χ2v) is 7.43. The van der Waals surface area contributed by atoms with E-state index in [1.54, 1.807) is 6.26 Å². The van der Waals surface area contributed by atoms with E-state index in [1.807, 2.05) is 12.1 Å². The third-order valence-electron chi connectivity index (χ3n) is 3.49. The Morgan fingerprint density at radius 1 is 1.56 bits per heavy atom. The van der Waals surface area contributed by atoms with Crippen molar-refractivity contribution in [2.75, 3.05) is 18.1 Å². The van der Waals surface area contributed by atoms with Crippen LogP contribution in [0.5, 0.6) is 0 Å². The fourth-order valence-corrected chi connectivity index (χ4v) is 4.18. The smallest absolute Gasteiger partial charge is 0.150 e. The predicted molar refractivity (Wildman–Crippen MR) is 71.3 cm³/mol. The highest BCUT2D eigenvalue weighted by Gasteiger charge is 2.27. The number of hydrogen-bond donors (Lipinski definition) is 1. The lowest BCUT2D eigenvalue weighted by molar-refractivity contribution is 0.430. The number of hydrogen-bond acceptors (Lipinski definition) is 4. The average Bonchev–Trinajstić information content (AvgIpc) is 2.93. The van der Waals surface area contributed by atoms with Crippen molar-refractivity contribution in [3.8, 4) is 0 Å². The van der Waals surface area contributed by atoms with Gasteiger partial charge >= 0.3 is 0 Å². The van der Waals surface area contributed by atoms with Crippen LogP contribution in [-0.4, -0.2) is 32.5 Å². The Morgan fingerprint density at radius 2 is 2.39 bits per heavy atom. The van der Waals surface area contributed by atoms with E-state index < -0.39 is 9.84 Å². The summed E-state index contributed by atoms with van der Waals surface area (Å²) in [5.74, 6) is 2.01. The Morgan fingerprint density at radius 3 is 3.00 bits per heavy atom. The molecule has 5 heteroatoms. The highest BCUT2D eigenvalue weighted by atomic mass is 32.2. The summed E-state index contributed by atoms with van der Waals surface area (Å²) < 4.78 is 27.9. The molecule has 0 aliphatic carbocycles. The van der Waals surface area contributed by atoms with E-state index in [4.69, 9.17) is 4.42 Å². The molecule has 0 amide bonds. The molecular weight excluding hydrogens is 250 g/mol. The van der Waals surface area contributed by atoms with Crippen LogP contribution in [0.3, 0.4) is 0 Å². The van der Waals surface area contributed by atoms with Crippen LogP contribution in [0, 0.1) is 5.92 Å². The molecule has 102 valence electrons. The molecule has 18 heavy (non-hydrogen) atoms. The third kappa shape index (κ3) is 4.14. The van der Waals surface area contributed by atoms with Crippen molar-refractivity contribution in [1.82, 2.24) is 5.32 Å². The summed E-state index contributed by atoms with van der Waals surface area (Å²) in [6, 6.07) is 4.27. The van der Waals surface area contributed by atoms with Gasteiger partial charge < -0.3 is 9.73 Å². The lowest BCUT2D eigenvalue weighted by Gasteiger charge is -2.15. The first-order valence-corrected chi connectivity index (χ1v) is 8.33. The summed E-state index contributed by atoms with van der Waals surface area (Å²) in [4.78, 5) is 0. The van der Waals surface area contributed by atoms with E-state index >= 15 is 0 Å². The van der Waals surface area contributed by atoms with Gasteiger partial charge in [0.1, 0.15) is 5.76 Å². The highest BCUT2D eigenvalue weighted by Crippen LogP contribution is 2.17. The van der Waals surface area contributed by atoms with Gasteiger partial charge in [-0.15, -0.1) is 0 Å². The predicted octanol–water partition coefficient (Wildman–Crippen LogP) is 1.62. The van der Waals surface area contributed by atoms with Gasteiger partial charge in [0.2, 0.25) is 0 Å². The molecule has 1 N–H and O–H groups in total. The molecule has 1 fully saturated rings. The zero-order valence-electron chi connectivity index (χ0n) is 10.8. The lowest BCUT2D eigenvalue weighted by atomic mass is 10.1. The van der Waals surface area contributed by atoms with Crippen LogP contribution in [0.4, 0.5) is 0 Å². The Balaban J connectivity index is 1.64. The molecule has 0 saturated carbocycles. The fraction of sp³-hybridized carbons (Fsp3) is 0.692. The maximum Gasteiger partial charge on any atom is 0.150 e. The van der Waals surface area contributed by atoms with Crippen molar-refractivity contribution >= 4 is 9.84 Å². The van der Waals surface area contributed by atoms with Gasteiger partial charge in [0, 0.05) is 12.5 Å². The van der Waals surface area contributed by atoms with Crippen molar-refractivity contribution in [3.63, 3.8) is 0 Å². The third-order valence-corrected chi connectivity index (χ3v) is 5.32. The van der Waals surface area contributed by atoms with Crippen LogP contribution >= 0.6 is 0 Å². The number of rotatable bonds is 6. The molecule has 1 aliphatic heterocycles. The molecule has 2 rings (SSSR count). The van der Waals surface area contributed by atoms with Crippen LogP contribution in [-0.2, 0) is 16.3 Å². The van der Waals surface area contributed by atoms with Gasteiger partial charge in [-0.05, 0) is 44.4 Å². The highest BCUT2D eigenvalue weighted by molar-refractivity contribution is 7.91. The summed E-state index contributed by atoms with van der Waals surface area (Å²) in [5.41, 5.74) is 0. The van der Waals surface area contributed by atoms with E-state index in [0.717, 1.165) is 31.6 Å². The monoisotopic (exact) mass is 271 g/mol. The quantitative estimate of drug-likeness (QED) is 0.854. The topological polar surface area (TPSA) is 59.3 Å². The molecule has 1 aromatic heterocycles. The molecule has 2 heterocycles. The van der Waals surface area contributed by atoms with Gasteiger partial charge in [0.05, 0.1) is 17.8 Å². The zero-order chi connectivity index (χ0) is 13.0. The maximum atomic E-state index is 11.3. The number of furan rings is 1. The number of nitrogens with one attached hydrogen (secondary N) is 1. The summed E-state index contributed by atoms with van der Waals surface area (Å²) in [7, 11) is -2.75. The standard InChI is InChI=1S/C13H21NO3S/c1-11(4-5-13-3-2-7-17-13)14-9-12-6-8-18(15,16)10-12/h2-3,7,11-12,14H,4-6,8-10H2,1H3. The van der Waals surface area contributed by atoms with Crippen LogP contribution in [0.2, 0.25) is 0 Å². The summed E-state index contributed by atoms with van der Waals surface area (Å²) in [6.45, 7) is 2.94. The molecule has 2 atom stereocenters.